The van der Waals surface area contributed by atoms with E-state index < -0.39 is 0 Å². The average molecular weight is 378 g/mol. The first-order valence-electron chi connectivity index (χ1n) is 9.44. The molecule has 0 radical (unpaired) electrons. The SMILES string of the molecule is CC(NCCCC=C(c1ccccc1)c1ccccc1)c1ccccc1.Cl. The van der Waals surface area contributed by atoms with Crippen LogP contribution in [0.1, 0.15) is 42.5 Å². The van der Waals surface area contributed by atoms with Crippen LogP contribution in [0.3, 0.4) is 0 Å². The quantitative estimate of drug-likeness (QED) is 0.432. The third kappa shape index (κ3) is 6.39. The normalized spacial score (nSPS) is 11.3. The molecule has 0 fully saturated rings. The van der Waals surface area contributed by atoms with Crippen LogP contribution in [0.4, 0.5) is 0 Å². The highest BCUT2D eigenvalue weighted by Gasteiger charge is 2.05. The summed E-state index contributed by atoms with van der Waals surface area (Å²) in [5.41, 5.74) is 5.23. The Hall–Kier alpha value is -2.35. The third-order valence-corrected chi connectivity index (χ3v) is 4.65. The second-order valence-corrected chi connectivity index (χ2v) is 6.58. The third-order valence-electron chi connectivity index (χ3n) is 4.65. The van der Waals surface area contributed by atoms with E-state index in [1.165, 1.54) is 22.3 Å². The Bertz CT molecular complexity index is 756. The van der Waals surface area contributed by atoms with Gasteiger partial charge in [0, 0.05) is 6.04 Å². The number of allylic oxidation sites excluding steroid dienone is 1. The first kappa shape index (κ1) is 21.0. The van der Waals surface area contributed by atoms with Crippen LogP contribution in [0.15, 0.2) is 97.1 Å². The van der Waals surface area contributed by atoms with Gasteiger partial charge in [-0.15, -0.1) is 12.4 Å². The topological polar surface area (TPSA) is 12.0 Å². The van der Waals surface area contributed by atoms with Gasteiger partial charge in [0.15, 0.2) is 0 Å². The predicted octanol–water partition coefficient (Wildman–Crippen LogP) is 6.67. The molecule has 0 heterocycles. The summed E-state index contributed by atoms with van der Waals surface area (Å²) in [5, 5.41) is 3.62. The number of halogens is 1. The van der Waals surface area contributed by atoms with Gasteiger partial charge in [-0.25, -0.2) is 0 Å². The predicted molar refractivity (Wildman–Crippen MR) is 119 cm³/mol. The number of rotatable bonds is 8. The van der Waals surface area contributed by atoms with Crippen molar-refractivity contribution < 1.29 is 0 Å². The second kappa shape index (κ2) is 11.4. The van der Waals surface area contributed by atoms with E-state index in [4.69, 9.17) is 0 Å². The van der Waals surface area contributed by atoms with Crippen LogP contribution < -0.4 is 5.32 Å². The van der Waals surface area contributed by atoms with Crippen LogP contribution >= 0.6 is 12.4 Å². The lowest BCUT2D eigenvalue weighted by molar-refractivity contribution is 0.561. The highest BCUT2D eigenvalue weighted by molar-refractivity contribution is 5.85. The van der Waals surface area contributed by atoms with Crippen LogP contribution in [-0.4, -0.2) is 6.54 Å². The lowest BCUT2D eigenvalue weighted by atomic mass is 9.96. The van der Waals surface area contributed by atoms with Gasteiger partial charge in [0.2, 0.25) is 0 Å². The first-order valence-corrected chi connectivity index (χ1v) is 9.44. The maximum atomic E-state index is 3.62. The van der Waals surface area contributed by atoms with E-state index in [1.807, 2.05) is 0 Å². The zero-order valence-corrected chi connectivity index (χ0v) is 16.7. The highest BCUT2D eigenvalue weighted by atomic mass is 35.5. The number of nitrogens with one attached hydrogen (secondary N) is 1. The van der Waals surface area contributed by atoms with Gasteiger partial charge >= 0.3 is 0 Å². The molecular weight excluding hydrogens is 350 g/mol. The van der Waals surface area contributed by atoms with Crippen molar-refractivity contribution in [3.05, 3.63) is 114 Å². The number of benzene rings is 3. The van der Waals surface area contributed by atoms with Crippen molar-refractivity contribution in [3.63, 3.8) is 0 Å². The lowest BCUT2D eigenvalue weighted by Gasteiger charge is -2.14. The summed E-state index contributed by atoms with van der Waals surface area (Å²) in [6.45, 7) is 3.24. The van der Waals surface area contributed by atoms with Gasteiger partial charge in [-0.3, -0.25) is 0 Å². The summed E-state index contributed by atoms with van der Waals surface area (Å²) in [6.07, 6.45) is 4.56. The Morgan fingerprint density at radius 2 is 1.26 bits per heavy atom. The molecule has 3 aromatic carbocycles. The molecule has 0 saturated heterocycles. The molecule has 1 atom stereocenters. The van der Waals surface area contributed by atoms with Crippen molar-refractivity contribution in [1.82, 2.24) is 5.32 Å². The van der Waals surface area contributed by atoms with Gasteiger partial charge in [0.1, 0.15) is 0 Å². The van der Waals surface area contributed by atoms with Gasteiger partial charge in [-0.05, 0) is 48.6 Å². The van der Waals surface area contributed by atoms with Crippen LogP contribution in [0.2, 0.25) is 0 Å². The van der Waals surface area contributed by atoms with Crippen LogP contribution in [0.25, 0.3) is 5.57 Å². The molecule has 0 aliphatic carbocycles. The van der Waals surface area contributed by atoms with Crippen molar-refractivity contribution in [2.45, 2.75) is 25.8 Å². The van der Waals surface area contributed by atoms with Gasteiger partial charge in [0.05, 0.1) is 0 Å². The molecule has 0 saturated carbocycles. The maximum Gasteiger partial charge on any atom is 0.0291 e. The molecule has 0 bridgehead atoms. The minimum absolute atomic E-state index is 0. The van der Waals surface area contributed by atoms with E-state index in [1.54, 1.807) is 0 Å². The molecule has 27 heavy (non-hydrogen) atoms. The highest BCUT2D eigenvalue weighted by Crippen LogP contribution is 2.24. The minimum atomic E-state index is 0. The van der Waals surface area contributed by atoms with E-state index in [-0.39, 0.29) is 12.4 Å². The van der Waals surface area contributed by atoms with Crippen LogP contribution in [-0.2, 0) is 0 Å². The zero-order chi connectivity index (χ0) is 18.0. The summed E-state index contributed by atoms with van der Waals surface area (Å²) >= 11 is 0. The molecule has 0 aliphatic rings. The summed E-state index contributed by atoms with van der Waals surface area (Å²) in [5.74, 6) is 0. The van der Waals surface area contributed by atoms with E-state index in [0.717, 1.165) is 19.4 Å². The van der Waals surface area contributed by atoms with Crippen molar-refractivity contribution in [2.75, 3.05) is 6.54 Å². The minimum Gasteiger partial charge on any atom is -0.310 e. The van der Waals surface area contributed by atoms with E-state index in [0.29, 0.717) is 6.04 Å². The molecule has 0 amide bonds. The molecule has 0 aromatic heterocycles. The summed E-state index contributed by atoms with van der Waals surface area (Å²) in [6, 6.07) is 32.3. The number of hydrogen-bond donors (Lipinski definition) is 1. The molecule has 1 unspecified atom stereocenters. The van der Waals surface area contributed by atoms with E-state index in [2.05, 4.69) is 109 Å². The molecule has 1 nitrogen and oxygen atoms in total. The van der Waals surface area contributed by atoms with Gasteiger partial charge < -0.3 is 5.32 Å². The van der Waals surface area contributed by atoms with Crippen LogP contribution in [0.5, 0.6) is 0 Å². The fourth-order valence-corrected chi connectivity index (χ4v) is 3.16. The van der Waals surface area contributed by atoms with E-state index >= 15 is 0 Å². The summed E-state index contributed by atoms with van der Waals surface area (Å²) in [4.78, 5) is 0. The van der Waals surface area contributed by atoms with Gasteiger partial charge in [0.25, 0.3) is 0 Å². The molecule has 140 valence electrons. The Balaban J connectivity index is 0.00000261. The van der Waals surface area contributed by atoms with Crippen molar-refractivity contribution >= 4 is 18.0 Å². The fraction of sp³-hybridized carbons (Fsp3) is 0.200. The molecule has 0 spiro atoms. The molecule has 0 aliphatic heterocycles. The standard InChI is InChI=1S/C25H27N.ClH/c1-21(22-13-5-2-6-14-22)26-20-12-11-19-25(23-15-7-3-8-16-23)24-17-9-4-10-18-24;/h2-10,13-19,21,26H,11-12,20H2,1H3;1H. The molecule has 2 heteroatoms. The second-order valence-electron chi connectivity index (χ2n) is 6.58. The Kier molecular flexibility index (Phi) is 8.83. The van der Waals surface area contributed by atoms with Gasteiger partial charge in [-0.1, -0.05) is 97.1 Å². The van der Waals surface area contributed by atoms with E-state index in [9.17, 15) is 0 Å². The van der Waals surface area contributed by atoms with Crippen LogP contribution in [0, 0.1) is 0 Å². The molecular formula is C25H28ClN. The summed E-state index contributed by atoms with van der Waals surface area (Å²) in [7, 11) is 0. The monoisotopic (exact) mass is 377 g/mol. The Labute approximate surface area is 169 Å². The Morgan fingerprint density at radius 3 is 1.78 bits per heavy atom. The zero-order valence-electron chi connectivity index (χ0n) is 15.8. The Morgan fingerprint density at radius 1 is 0.778 bits per heavy atom. The number of unbranched alkanes of at least 4 members (excludes halogenated alkanes) is 1. The fourth-order valence-electron chi connectivity index (χ4n) is 3.16. The first-order chi connectivity index (χ1) is 12.8. The van der Waals surface area contributed by atoms with Gasteiger partial charge in [-0.2, -0.15) is 0 Å². The van der Waals surface area contributed by atoms with Crippen molar-refractivity contribution in [2.24, 2.45) is 0 Å². The summed E-state index contributed by atoms with van der Waals surface area (Å²) < 4.78 is 0. The van der Waals surface area contributed by atoms with Crippen molar-refractivity contribution in [1.29, 1.82) is 0 Å². The van der Waals surface area contributed by atoms with Crippen molar-refractivity contribution in [3.8, 4) is 0 Å². The largest absolute Gasteiger partial charge is 0.310 e. The molecule has 3 aromatic rings. The smallest absolute Gasteiger partial charge is 0.0291 e. The molecule has 1 N–H and O–H groups in total. The molecule has 3 rings (SSSR count). The average Bonchev–Trinajstić information content (AvgIpc) is 2.72. The lowest BCUT2D eigenvalue weighted by Crippen LogP contribution is -2.19. The maximum absolute atomic E-state index is 3.62. The number of hydrogen-bond acceptors (Lipinski definition) is 1.